The van der Waals surface area contributed by atoms with Crippen molar-refractivity contribution in [2.24, 2.45) is 0 Å². The van der Waals surface area contributed by atoms with Crippen LogP contribution in [0.1, 0.15) is 30.1 Å². The summed E-state index contributed by atoms with van der Waals surface area (Å²) in [5.41, 5.74) is 1.49. The fourth-order valence-electron chi connectivity index (χ4n) is 2.29. The number of benzene rings is 2. The highest BCUT2D eigenvalue weighted by atomic mass is 32.2. The van der Waals surface area contributed by atoms with Crippen LogP contribution in [0.2, 0.25) is 0 Å². The topological polar surface area (TPSA) is 51.2 Å². The van der Waals surface area contributed by atoms with Crippen LogP contribution in [0.25, 0.3) is 10.2 Å². The first-order valence-electron chi connectivity index (χ1n) is 8.18. The summed E-state index contributed by atoms with van der Waals surface area (Å²) in [6, 6.07) is 13.3. The molecule has 1 N–H and O–H groups in total. The smallest absolute Gasteiger partial charge is 0.257 e. The fourth-order valence-corrected chi connectivity index (χ4v) is 3.71. The number of nitrogens with one attached hydrogen (secondary N) is 1. The Morgan fingerprint density at radius 3 is 2.76 bits per heavy atom. The Morgan fingerprint density at radius 2 is 2.04 bits per heavy atom. The number of hydrogen-bond acceptors (Lipinski definition) is 5. The number of thioether (sulfide) groups is 1. The SMILES string of the molecule is CCCCOc1ccc(C(=O)Nc2nc3ccc(SC)cc3s2)cc1. The second kappa shape index (κ2) is 8.36. The third-order valence-corrected chi connectivity index (χ3v) is 5.36. The molecule has 4 nitrogen and oxygen atoms in total. The molecule has 0 aliphatic heterocycles. The standard InChI is InChI=1S/C19H20N2O2S2/c1-3-4-11-23-14-7-5-13(6-8-14)18(22)21-19-20-16-10-9-15(24-2)12-17(16)25-19/h5-10,12H,3-4,11H2,1-2H3,(H,20,21,22). The minimum absolute atomic E-state index is 0.163. The lowest BCUT2D eigenvalue weighted by molar-refractivity contribution is 0.102. The predicted molar refractivity (Wildman–Crippen MR) is 106 cm³/mol. The van der Waals surface area contributed by atoms with Gasteiger partial charge in [-0.1, -0.05) is 24.7 Å². The zero-order valence-corrected chi connectivity index (χ0v) is 15.9. The molecule has 0 saturated heterocycles. The average Bonchev–Trinajstić information content (AvgIpc) is 3.03. The molecule has 3 rings (SSSR count). The summed E-state index contributed by atoms with van der Waals surface area (Å²) in [6.07, 6.45) is 4.17. The number of hydrogen-bond donors (Lipinski definition) is 1. The van der Waals surface area contributed by atoms with Gasteiger partial charge < -0.3 is 4.74 Å². The second-order valence-corrected chi connectivity index (χ2v) is 7.44. The van der Waals surface area contributed by atoms with Gasteiger partial charge in [0.05, 0.1) is 16.8 Å². The molecule has 6 heteroatoms. The largest absolute Gasteiger partial charge is 0.494 e. The summed E-state index contributed by atoms with van der Waals surface area (Å²) < 4.78 is 6.69. The van der Waals surface area contributed by atoms with Crippen molar-refractivity contribution < 1.29 is 9.53 Å². The van der Waals surface area contributed by atoms with Crippen LogP contribution in [0.4, 0.5) is 5.13 Å². The first kappa shape index (κ1) is 17.8. The molecule has 3 aromatic rings. The van der Waals surface area contributed by atoms with E-state index in [9.17, 15) is 4.79 Å². The van der Waals surface area contributed by atoms with E-state index in [0.717, 1.165) is 28.8 Å². The van der Waals surface area contributed by atoms with Crippen molar-refractivity contribution in [3.8, 4) is 5.75 Å². The van der Waals surface area contributed by atoms with Crippen molar-refractivity contribution in [1.82, 2.24) is 4.98 Å². The molecule has 0 saturated carbocycles. The number of thiazole rings is 1. The van der Waals surface area contributed by atoms with E-state index in [-0.39, 0.29) is 5.91 Å². The molecule has 0 spiro atoms. The predicted octanol–water partition coefficient (Wildman–Crippen LogP) is 5.45. The highest BCUT2D eigenvalue weighted by Gasteiger charge is 2.10. The first-order valence-corrected chi connectivity index (χ1v) is 10.2. The Kier molecular flexibility index (Phi) is 5.94. The number of aromatic nitrogens is 1. The number of ether oxygens (including phenoxy) is 1. The van der Waals surface area contributed by atoms with Crippen LogP contribution in [0.15, 0.2) is 47.4 Å². The van der Waals surface area contributed by atoms with Gasteiger partial charge in [-0.25, -0.2) is 4.98 Å². The van der Waals surface area contributed by atoms with Crippen molar-refractivity contribution in [3.63, 3.8) is 0 Å². The summed E-state index contributed by atoms with van der Waals surface area (Å²) in [7, 11) is 0. The molecule has 0 aliphatic rings. The monoisotopic (exact) mass is 372 g/mol. The highest BCUT2D eigenvalue weighted by Crippen LogP contribution is 2.29. The summed E-state index contributed by atoms with van der Waals surface area (Å²) in [4.78, 5) is 18.1. The van der Waals surface area contributed by atoms with E-state index in [1.54, 1.807) is 23.9 Å². The number of carbonyl (C=O) groups is 1. The zero-order valence-electron chi connectivity index (χ0n) is 14.2. The summed E-state index contributed by atoms with van der Waals surface area (Å²) >= 11 is 3.18. The lowest BCUT2D eigenvalue weighted by Gasteiger charge is -2.06. The van der Waals surface area contributed by atoms with E-state index in [1.807, 2.05) is 30.5 Å². The van der Waals surface area contributed by atoms with Gasteiger partial charge in [0.1, 0.15) is 5.75 Å². The Morgan fingerprint density at radius 1 is 1.24 bits per heavy atom. The van der Waals surface area contributed by atoms with E-state index >= 15 is 0 Å². The Balaban J connectivity index is 1.67. The van der Waals surface area contributed by atoms with Gasteiger partial charge in [-0.3, -0.25) is 10.1 Å². The van der Waals surface area contributed by atoms with Crippen molar-refractivity contribution in [2.75, 3.05) is 18.2 Å². The molecule has 2 aromatic carbocycles. The third kappa shape index (κ3) is 4.52. The minimum Gasteiger partial charge on any atom is -0.494 e. The van der Waals surface area contributed by atoms with Gasteiger partial charge in [0.25, 0.3) is 5.91 Å². The molecule has 0 unspecified atom stereocenters. The third-order valence-electron chi connectivity index (χ3n) is 3.70. The fraction of sp³-hybridized carbons (Fsp3) is 0.263. The van der Waals surface area contributed by atoms with E-state index in [0.29, 0.717) is 17.3 Å². The molecule has 0 radical (unpaired) electrons. The number of nitrogens with zero attached hydrogens (tertiary/aromatic N) is 1. The van der Waals surface area contributed by atoms with E-state index in [4.69, 9.17) is 4.74 Å². The molecule has 0 fully saturated rings. The molecule has 130 valence electrons. The van der Waals surface area contributed by atoms with Crippen molar-refractivity contribution in [3.05, 3.63) is 48.0 Å². The van der Waals surface area contributed by atoms with E-state index < -0.39 is 0 Å². The van der Waals surface area contributed by atoms with Crippen LogP contribution < -0.4 is 10.1 Å². The molecular formula is C19H20N2O2S2. The number of fused-ring (bicyclic) bond motifs is 1. The number of unbranched alkanes of at least 4 members (excludes halogenated alkanes) is 1. The van der Waals surface area contributed by atoms with Crippen LogP contribution in [0, 0.1) is 0 Å². The quantitative estimate of drug-likeness (QED) is 0.443. The summed E-state index contributed by atoms with van der Waals surface area (Å²) in [6.45, 7) is 2.83. The maximum absolute atomic E-state index is 12.4. The number of rotatable bonds is 7. The lowest BCUT2D eigenvalue weighted by Crippen LogP contribution is -2.11. The number of carbonyl (C=O) groups excluding carboxylic acids is 1. The van der Waals surface area contributed by atoms with Crippen LogP contribution in [0.5, 0.6) is 5.75 Å². The summed E-state index contributed by atoms with van der Waals surface area (Å²) in [5, 5.41) is 3.49. The van der Waals surface area contributed by atoms with Gasteiger partial charge in [-0.2, -0.15) is 0 Å². The van der Waals surface area contributed by atoms with Gasteiger partial charge in [0.15, 0.2) is 5.13 Å². The van der Waals surface area contributed by atoms with Crippen molar-refractivity contribution >= 4 is 44.4 Å². The van der Waals surface area contributed by atoms with Gasteiger partial charge in [0, 0.05) is 10.5 Å². The molecule has 1 amide bonds. The number of anilines is 1. The molecule has 0 atom stereocenters. The van der Waals surface area contributed by atoms with Gasteiger partial charge in [0.2, 0.25) is 0 Å². The van der Waals surface area contributed by atoms with Gasteiger partial charge >= 0.3 is 0 Å². The van der Waals surface area contributed by atoms with Crippen molar-refractivity contribution in [2.45, 2.75) is 24.7 Å². The maximum atomic E-state index is 12.4. The molecule has 1 aromatic heterocycles. The van der Waals surface area contributed by atoms with Crippen LogP contribution in [0.3, 0.4) is 0 Å². The van der Waals surface area contributed by atoms with E-state index in [1.165, 1.54) is 16.2 Å². The van der Waals surface area contributed by atoms with Gasteiger partial charge in [-0.05, 0) is 55.1 Å². The van der Waals surface area contributed by atoms with Crippen LogP contribution in [-0.2, 0) is 0 Å². The highest BCUT2D eigenvalue weighted by molar-refractivity contribution is 7.98. The molecule has 0 aliphatic carbocycles. The van der Waals surface area contributed by atoms with Gasteiger partial charge in [-0.15, -0.1) is 11.8 Å². The molecular weight excluding hydrogens is 352 g/mol. The zero-order chi connectivity index (χ0) is 17.6. The second-order valence-electron chi connectivity index (χ2n) is 5.53. The normalized spacial score (nSPS) is 10.8. The van der Waals surface area contributed by atoms with E-state index in [2.05, 4.69) is 23.3 Å². The Bertz CT molecular complexity index is 859. The molecule has 0 bridgehead atoms. The van der Waals surface area contributed by atoms with Crippen LogP contribution in [-0.4, -0.2) is 23.8 Å². The molecule has 1 heterocycles. The van der Waals surface area contributed by atoms with Crippen LogP contribution >= 0.6 is 23.1 Å². The molecule has 25 heavy (non-hydrogen) atoms. The summed E-state index contributed by atoms with van der Waals surface area (Å²) in [5.74, 6) is 0.624. The lowest BCUT2D eigenvalue weighted by atomic mass is 10.2. The number of amides is 1. The van der Waals surface area contributed by atoms with Crippen molar-refractivity contribution in [1.29, 1.82) is 0 Å². The maximum Gasteiger partial charge on any atom is 0.257 e. The minimum atomic E-state index is -0.163. The Labute approximate surface area is 155 Å². The first-order chi connectivity index (χ1) is 12.2. The average molecular weight is 373 g/mol. The Hall–Kier alpha value is -2.05.